The fourth-order valence-electron chi connectivity index (χ4n) is 4.17. The number of carbonyl (C=O) groups excluding carboxylic acids is 1. The van der Waals surface area contributed by atoms with Crippen LogP contribution in [0.3, 0.4) is 0 Å². The first kappa shape index (κ1) is 18.7. The first-order valence-corrected chi connectivity index (χ1v) is 10.4. The number of nitrogens with zero attached hydrogens (tertiary/aromatic N) is 6. The number of benzene rings is 2. The van der Waals surface area contributed by atoms with Crippen LogP contribution in [-0.2, 0) is 6.54 Å². The molecule has 1 fully saturated rings. The van der Waals surface area contributed by atoms with Crippen molar-refractivity contribution >= 4 is 16.8 Å². The van der Waals surface area contributed by atoms with E-state index in [9.17, 15) is 4.79 Å². The van der Waals surface area contributed by atoms with Gasteiger partial charge in [0.25, 0.3) is 5.91 Å². The highest BCUT2D eigenvalue weighted by atomic mass is 16.2. The molecule has 7 nitrogen and oxygen atoms in total. The van der Waals surface area contributed by atoms with Crippen LogP contribution in [-0.4, -0.2) is 55.2 Å². The number of carbonyl (C=O) groups is 1. The largest absolute Gasteiger partial charge is 0.295 e. The minimum Gasteiger partial charge on any atom is -0.295 e. The van der Waals surface area contributed by atoms with Gasteiger partial charge in [0.15, 0.2) is 0 Å². The maximum atomic E-state index is 13.1. The van der Waals surface area contributed by atoms with Crippen molar-refractivity contribution in [2.45, 2.75) is 31.8 Å². The molecule has 0 spiro atoms. The Morgan fingerprint density at radius 1 is 1.13 bits per heavy atom. The van der Waals surface area contributed by atoms with E-state index < -0.39 is 0 Å². The van der Waals surface area contributed by atoms with Gasteiger partial charge in [0.2, 0.25) is 0 Å². The third-order valence-electron chi connectivity index (χ3n) is 5.85. The Morgan fingerprint density at radius 2 is 2.00 bits per heavy atom. The smallest absolute Gasteiger partial charge is 0.264 e. The lowest BCUT2D eigenvalue weighted by atomic mass is 10.0. The number of aromatic nitrogens is 5. The third-order valence-corrected chi connectivity index (χ3v) is 5.85. The summed E-state index contributed by atoms with van der Waals surface area (Å²) >= 11 is 0. The summed E-state index contributed by atoms with van der Waals surface area (Å²) in [5, 5.41) is 13.9. The number of hydrogen-bond acceptors (Lipinski definition) is 5. The maximum absolute atomic E-state index is 13.1. The molecule has 2 aromatic carbocycles. The third kappa shape index (κ3) is 3.52. The number of hydrogen-bond donors (Lipinski definition) is 0. The fourth-order valence-corrected chi connectivity index (χ4v) is 4.17. The van der Waals surface area contributed by atoms with Crippen molar-refractivity contribution in [2.24, 2.45) is 0 Å². The predicted octanol–water partition coefficient (Wildman–Crippen LogP) is 3.47. The number of likely N-dealkylation sites (tertiary alicyclic amines) is 1. The average Bonchev–Trinajstić information content (AvgIpc) is 3.41. The van der Waals surface area contributed by atoms with Gasteiger partial charge in [-0.25, -0.2) is 4.68 Å². The van der Waals surface area contributed by atoms with Gasteiger partial charge in [-0.05, 0) is 44.1 Å². The number of likely N-dealkylation sites (N-methyl/N-ethyl adjacent to an activating group) is 1. The zero-order chi connectivity index (χ0) is 20.5. The van der Waals surface area contributed by atoms with E-state index in [0.29, 0.717) is 6.54 Å². The minimum atomic E-state index is -0.0978. The van der Waals surface area contributed by atoms with Crippen LogP contribution in [0.5, 0.6) is 0 Å². The van der Waals surface area contributed by atoms with Crippen LogP contribution in [0.25, 0.3) is 22.2 Å². The summed E-state index contributed by atoms with van der Waals surface area (Å²) in [6.07, 6.45) is 6.82. The highest BCUT2D eigenvalue weighted by Gasteiger charge is 2.28. The summed E-state index contributed by atoms with van der Waals surface area (Å²) in [5.74, 6) is 0.0498. The Bertz CT molecular complexity index is 1180. The van der Waals surface area contributed by atoms with E-state index >= 15 is 0 Å². The molecule has 0 radical (unpaired) electrons. The molecule has 0 saturated carbocycles. The second-order valence-corrected chi connectivity index (χ2v) is 7.95. The highest BCUT2D eigenvalue weighted by molar-refractivity contribution is 5.94. The van der Waals surface area contributed by atoms with Gasteiger partial charge in [0, 0.05) is 10.9 Å². The van der Waals surface area contributed by atoms with Gasteiger partial charge in [-0.15, -0.1) is 5.10 Å². The van der Waals surface area contributed by atoms with Gasteiger partial charge in [-0.1, -0.05) is 48.0 Å². The lowest BCUT2D eigenvalue weighted by molar-refractivity contribution is 0.0698. The summed E-state index contributed by atoms with van der Waals surface area (Å²) in [4.78, 5) is 15.2. The summed E-state index contributed by atoms with van der Waals surface area (Å²) in [7, 11) is 2.02. The Labute approximate surface area is 174 Å². The zero-order valence-corrected chi connectivity index (χ0v) is 17.0. The van der Waals surface area contributed by atoms with Crippen molar-refractivity contribution in [3.8, 4) is 11.3 Å². The van der Waals surface area contributed by atoms with Crippen molar-refractivity contribution in [1.29, 1.82) is 0 Å². The van der Waals surface area contributed by atoms with Crippen LogP contribution < -0.4 is 0 Å². The molecule has 30 heavy (non-hydrogen) atoms. The molecule has 5 rings (SSSR count). The molecular formula is C23H24N6O. The molecule has 0 aliphatic carbocycles. The van der Waals surface area contributed by atoms with Gasteiger partial charge in [0.05, 0.1) is 30.5 Å². The first-order valence-electron chi connectivity index (χ1n) is 10.4. The van der Waals surface area contributed by atoms with Gasteiger partial charge >= 0.3 is 0 Å². The van der Waals surface area contributed by atoms with E-state index in [4.69, 9.17) is 0 Å². The maximum Gasteiger partial charge on any atom is 0.264 e. The minimum absolute atomic E-state index is 0.0498. The molecule has 0 bridgehead atoms. The average molecular weight is 400 g/mol. The quantitative estimate of drug-likeness (QED) is 0.525. The van der Waals surface area contributed by atoms with Crippen LogP contribution in [0.1, 0.15) is 29.6 Å². The van der Waals surface area contributed by atoms with Gasteiger partial charge in [0.1, 0.15) is 5.69 Å². The van der Waals surface area contributed by atoms with Crippen LogP contribution in [0.15, 0.2) is 60.9 Å². The number of fused-ring (bicyclic) bond motifs is 1. The molecule has 7 heteroatoms. The van der Waals surface area contributed by atoms with E-state index in [2.05, 4.69) is 32.4 Å². The molecule has 2 aromatic heterocycles. The van der Waals surface area contributed by atoms with E-state index in [1.54, 1.807) is 10.9 Å². The normalized spacial score (nSPS) is 17.4. The second kappa shape index (κ2) is 7.84. The molecule has 0 N–H and O–H groups in total. The molecule has 1 aliphatic heterocycles. The summed E-state index contributed by atoms with van der Waals surface area (Å²) in [5.41, 5.74) is 3.78. The van der Waals surface area contributed by atoms with Gasteiger partial charge in [-0.3, -0.25) is 9.69 Å². The van der Waals surface area contributed by atoms with Crippen LogP contribution in [0, 0.1) is 0 Å². The lowest BCUT2D eigenvalue weighted by Gasteiger charge is -2.30. The van der Waals surface area contributed by atoms with Crippen LogP contribution in [0.4, 0.5) is 0 Å². The molecule has 4 aromatic rings. The van der Waals surface area contributed by atoms with Crippen LogP contribution in [0.2, 0.25) is 0 Å². The zero-order valence-electron chi connectivity index (χ0n) is 17.0. The van der Waals surface area contributed by atoms with Crippen molar-refractivity contribution in [3.63, 3.8) is 0 Å². The van der Waals surface area contributed by atoms with E-state index in [1.807, 2.05) is 54.3 Å². The standard InChI is InChI=1S/C23H24N6O/c1-27-12-6-5-9-22(27)23(30)29-21-11-10-18(13-19(21)14-24-29)20-16-28(26-25-20)15-17-7-3-2-4-8-17/h2-4,7-8,10-11,13-14,16,22H,5-6,9,12,15H2,1H3. The molecule has 1 aliphatic rings. The molecule has 1 atom stereocenters. The fraction of sp³-hybridized carbons (Fsp3) is 0.304. The van der Waals surface area contributed by atoms with Crippen LogP contribution >= 0.6 is 0 Å². The lowest BCUT2D eigenvalue weighted by Crippen LogP contribution is -2.44. The Hall–Kier alpha value is -3.32. The molecular weight excluding hydrogens is 376 g/mol. The molecule has 1 saturated heterocycles. The van der Waals surface area contributed by atoms with E-state index in [1.165, 1.54) is 5.56 Å². The van der Waals surface area contributed by atoms with E-state index in [0.717, 1.165) is 48.0 Å². The Morgan fingerprint density at radius 3 is 2.83 bits per heavy atom. The topological polar surface area (TPSA) is 68.8 Å². The second-order valence-electron chi connectivity index (χ2n) is 7.95. The summed E-state index contributed by atoms with van der Waals surface area (Å²) < 4.78 is 3.39. The first-order chi connectivity index (χ1) is 14.7. The van der Waals surface area contributed by atoms with Gasteiger partial charge in [-0.2, -0.15) is 9.78 Å². The predicted molar refractivity (Wildman–Crippen MR) is 115 cm³/mol. The molecule has 3 heterocycles. The van der Waals surface area contributed by atoms with Crippen molar-refractivity contribution in [1.82, 2.24) is 29.7 Å². The van der Waals surface area contributed by atoms with Crippen molar-refractivity contribution < 1.29 is 4.79 Å². The van der Waals surface area contributed by atoms with Crippen molar-refractivity contribution in [2.75, 3.05) is 13.6 Å². The Kier molecular flexibility index (Phi) is 4.88. The SMILES string of the molecule is CN1CCCCC1C(=O)n1ncc2cc(-c3cn(Cc4ccccc4)nn3)ccc21. The highest BCUT2D eigenvalue weighted by Crippen LogP contribution is 2.24. The molecule has 1 unspecified atom stereocenters. The monoisotopic (exact) mass is 400 g/mol. The van der Waals surface area contributed by atoms with Crippen molar-refractivity contribution in [3.05, 3.63) is 66.5 Å². The Balaban J connectivity index is 1.39. The summed E-state index contributed by atoms with van der Waals surface area (Å²) in [6.45, 7) is 1.63. The van der Waals surface area contributed by atoms with E-state index in [-0.39, 0.29) is 11.9 Å². The molecule has 0 amide bonds. The molecule has 152 valence electrons. The number of rotatable bonds is 4. The summed E-state index contributed by atoms with van der Waals surface area (Å²) in [6, 6.07) is 16.0. The number of piperidine rings is 1. The van der Waals surface area contributed by atoms with Gasteiger partial charge < -0.3 is 0 Å².